The number of rotatable bonds is 20. The fraction of sp³-hybridized carbons (Fsp3) is 0.920. The minimum absolute atomic E-state index is 0.156. The van der Waals surface area contributed by atoms with Gasteiger partial charge in [0.15, 0.2) is 0 Å². The third kappa shape index (κ3) is 13.1. The lowest BCUT2D eigenvalue weighted by Gasteiger charge is -2.23. The Balaban J connectivity index is 1.81. The second-order valence-corrected chi connectivity index (χ2v) is 8.76. The quantitative estimate of drug-likeness (QED) is 0.190. The predicted octanol–water partition coefficient (Wildman–Crippen LogP) is 4.91. The summed E-state index contributed by atoms with van der Waals surface area (Å²) in [4.78, 5) is 0. The summed E-state index contributed by atoms with van der Waals surface area (Å²) in [7, 11) is 0. The lowest BCUT2D eigenvalue weighted by molar-refractivity contribution is -0.0938. The smallest absolute Gasteiger partial charge is 0.114 e. The highest BCUT2D eigenvalue weighted by molar-refractivity contribution is 4.89. The van der Waals surface area contributed by atoms with Crippen LogP contribution in [0.4, 0.5) is 0 Å². The van der Waals surface area contributed by atoms with E-state index in [1.807, 2.05) is 0 Å². The van der Waals surface area contributed by atoms with E-state index in [9.17, 15) is 10.2 Å². The minimum Gasteiger partial charge on any atom is -0.394 e. The van der Waals surface area contributed by atoms with E-state index in [0.29, 0.717) is 6.61 Å². The summed E-state index contributed by atoms with van der Waals surface area (Å²) in [6, 6.07) is 0. The SMILES string of the molecule is C/C=C/CCCCCCCCCCCCCCCCO[C@H]1[C@@H]([C@H](O)CO)OC[C@@H]1O. The number of allylic oxidation sites excluding steroid dienone is 2. The van der Waals surface area contributed by atoms with E-state index in [0.717, 1.165) is 12.8 Å². The number of aliphatic hydroxyl groups excluding tert-OH is 3. The van der Waals surface area contributed by atoms with E-state index < -0.39 is 24.4 Å². The van der Waals surface area contributed by atoms with Crippen molar-refractivity contribution >= 4 is 0 Å². The van der Waals surface area contributed by atoms with Crippen molar-refractivity contribution in [3.63, 3.8) is 0 Å². The molecule has 1 saturated heterocycles. The number of ether oxygens (including phenoxy) is 2. The molecule has 0 spiro atoms. The first kappa shape index (κ1) is 27.6. The van der Waals surface area contributed by atoms with E-state index in [1.54, 1.807) is 0 Å². The molecule has 0 unspecified atom stereocenters. The zero-order chi connectivity index (χ0) is 21.9. The Morgan fingerprint density at radius 2 is 1.37 bits per heavy atom. The van der Waals surface area contributed by atoms with Crippen molar-refractivity contribution in [2.45, 2.75) is 128 Å². The summed E-state index contributed by atoms with van der Waals surface area (Å²) >= 11 is 0. The molecule has 0 aliphatic carbocycles. The number of aliphatic hydroxyl groups is 3. The van der Waals surface area contributed by atoms with Gasteiger partial charge in [0, 0.05) is 6.61 Å². The van der Waals surface area contributed by atoms with Crippen LogP contribution >= 0.6 is 0 Å². The number of unbranched alkanes of at least 4 members (excludes halogenated alkanes) is 14. The molecule has 4 atom stereocenters. The summed E-state index contributed by atoms with van der Waals surface area (Å²) in [5.74, 6) is 0. The van der Waals surface area contributed by atoms with E-state index in [4.69, 9.17) is 14.6 Å². The molecule has 3 N–H and O–H groups in total. The molecule has 0 bridgehead atoms. The molecule has 5 nitrogen and oxygen atoms in total. The molecule has 0 aromatic heterocycles. The van der Waals surface area contributed by atoms with Crippen molar-refractivity contribution in [2.24, 2.45) is 0 Å². The van der Waals surface area contributed by atoms with Gasteiger partial charge in [-0.15, -0.1) is 0 Å². The summed E-state index contributed by atoms with van der Waals surface area (Å²) in [5.41, 5.74) is 0. The van der Waals surface area contributed by atoms with Crippen molar-refractivity contribution in [2.75, 3.05) is 19.8 Å². The summed E-state index contributed by atoms with van der Waals surface area (Å²) in [5, 5.41) is 28.7. The summed E-state index contributed by atoms with van der Waals surface area (Å²) in [6.07, 6.45) is 21.2. The van der Waals surface area contributed by atoms with Gasteiger partial charge in [-0.2, -0.15) is 0 Å². The Bertz CT molecular complexity index is 401. The van der Waals surface area contributed by atoms with Gasteiger partial charge in [-0.25, -0.2) is 0 Å². The molecule has 0 saturated carbocycles. The van der Waals surface area contributed by atoms with E-state index in [-0.39, 0.29) is 13.2 Å². The maximum absolute atomic E-state index is 9.90. The van der Waals surface area contributed by atoms with Gasteiger partial charge >= 0.3 is 0 Å². The lowest BCUT2D eigenvalue weighted by Crippen LogP contribution is -2.42. The molecule has 1 fully saturated rings. The van der Waals surface area contributed by atoms with Gasteiger partial charge in [0.05, 0.1) is 13.2 Å². The average molecular weight is 429 g/mol. The minimum atomic E-state index is -1.000. The highest BCUT2D eigenvalue weighted by Crippen LogP contribution is 2.21. The molecule has 1 rings (SSSR count). The molecular formula is C25H48O5. The van der Waals surface area contributed by atoms with Crippen molar-refractivity contribution in [1.82, 2.24) is 0 Å². The Morgan fingerprint density at radius 1 is 0.867 bits per heavy atom. The zero-order valence-electron chi connectivity index (χ0n) is 19.4. The van der Waals surface area contributed by atoms with Crippen LogP contribution in [0, 0.1) is 0 Å². The Morgan fingerprint density at radius 3 is 1.87 bits per heavy atom. The molecule has 1 heterocycles. The maximum Gasteiger partial charge on any atom is 0.114 e. The van der Waals surface area contributed by atoms with Crippen LogP contribution < -0.4 is 0 Å². The lowest BCUT2D eigenvalue weighted by atomic mass is 10.0. The van der Waals surface area contributed by atoms with Crippen molar-refractivity contribution < 1.29 is 24.8 Å². The molecule has 178 valence electrons. The van der Waals surface area contributed by atoms with Crippen LogP contribution in [0.15, 0.2) is 12.2 Å². The molecule has 0 aromatic carbocycles. The number of hydrogen-bond donors (Lipinski definition) is 3. The van der Waals surface area contributed by atoms with E-state index in [1.165, 1.54) is 83.5 Å². The van der Waals surface area contributed by atoms with Crippen LogP contribution in [-0.4, -0.2) is 59.6 Å². The fourth-order valence-corrected chi connectivity index (χ4v) is 4.13. The predicted molar refractivity (Wildman–Crippen MR) is 123 cm³/mol. The van der Waals surface area contributed by atoms with Gasteiger partial charge < -0.3 is 24.8 Å². The normalized spacial score (nSPS) is 22.9. The van der Waals surface area contributed by atoms with Crippen LogP contribution in [0.2, 0.25) is 0 Å². The van der Waals surface area contributed by atoms with Crippen LogP contribution in [0.5, 0.6) is 0 Å². The average Bonchev–Trinajstić information content (AvgIpc) is 3.12. The monoisotopic (exact) mass is 428 g/mol. The molecule has 30 heavy (non-hydrogen) atoms. The van der Waals surface area contributed by atoms with Crippen LogP contribution in [0.3, 0.4) is 0 Å². The largest absolute Gasteiger partial charge is 0.394 e. The third-order valence-corrected chi connectivity index (χ3v) is 6.04. The fourth-order valence-electron chi connectivity index (χ4n) is 4.13. The first-order chi connectivity index (χ1) is 14.7. The summed E-state index contributed by atoms with van der Waals surface area (Å²) in [6.45, 7) is 2.44. The van der Waals surface area contributed by atoms with Gasteiger partial charge in [-0.1, -0.05) is 89.2 Å². The third-order valence-electron chi connectivity index (χ3n) is 6.04. The molecule has 5 heteroatoms. The van der Waals surface area contributed by atoms with Gasteiger partial charge in [0.2, 0.25) is 0 Å². The van der Waals surface area contributed by atoms with Gasteiger partial charge in [0.1, 0.15) is 24.4 Å². The van der Waals surface area contributed by atoms with Crippen molar-refractivity contribution in [3.8, 4) is 0 Å². The van der Waals surface area contributed by atoms with Crippen LogP contribution in [0.1, 0.15) is 103 Å². The highest BCUT2D eigenvalue weighted by atomic mass is 16.6. The topological polar surface area (TPSA) is 79.2 Å². The first-order valence-corrected chi connectivity index (χ1v) is 12.5. The molecule has 0 aromatic rings. The second kappa shape index (κ2) is 19.2. The molecule has 1 aliphatic rings. The zero-order valence-corrected chi connectivity index (χ0v) is 19.4. The van der Waals surface area contributed by atoms with Gasteiger partial charge in [-0.3, -0.25) is 0 Å². The van der Waals surface area contributed by atoms with E-state index in [2.05, 4.69) is 19.1 Å². The Kier molecular flexibility index (Phi) is 17.7. The summed E-state index contributed by atoms with van der Waals surface area (Å²) < 4.78 is 11.1. The second-order valence-electron chi connectivity index (χ2n) is 8.76. The molecule has 1 aliphatic heterocycles. The molecular weight excluding hydrogens is 380 g/mol. The Labute approximate surface area is 184 Å². The van der Waals surface area contributed by atoms with Crippen LogP contribution in [-0.2, 0) is 9.47 Å². The molecule has 0 radical (unpaired) electrons. The van der Waals surface area contributed by atoms with E-state index >= 15 is 0 Å². The van der Waals surface area contributed by atoms with Crippen molar-refractivity contribution in [3.05, 3.63) is 12.2 Å². The van der Waals surface area contributed by atoms with Crippen molar-refractivity contribution in [1.29, 1.82) is 0 Å². The standard InChI is InChI=1S/C25H48O5/c1-2-3-4-5-6-7-8-9-10-11-12-13-14-15-16-17-18-19-29-25-23(28)21-30-24(25)22(27)20-26/h2-3,22-28H,4-21H2,1H3/b3-2+/t22-,23+,24-,25-/m1/s1. The number of hydrogen-bond acceptors (Lipinski definition) is 5. The van der Waals surface area contributed by atoms with Gasteiger partial charge in [0.25, 0.3) is 0 Å². The maximum atomic E-state index is 9.90. The highest BCUT2D eigenvalue weighted by Gasteiger charge is 2.40. The van der Waals surface area contributed by atoms with Crippen LogP contribution in [0.25, 0.3) is 0 Å². The molecule has 0 amide bonds. The van der Waals surface area contributed by atoms with Gasteiger partial charge in [-0.05, 0) is 26.2 Å². The Hall–Kier alpha value is -0.460. The first-order valence-electron chi connectivity index (χ1n) is 12.5.